The van der Waals surface area contributed by atoms with Crippen molar-refractivity contribution in [2.24, 2.45) is 21.7 Å². The first-order valence-electron chi connectivity index (χ1n) is 9.38. The van der Waals surface area contributed by atoms with Crippen molar-refractivity contribution < 1.29 is 15.0 Å². The number of carbonyl (C=O) groups excluding carboxylic acids is 2. The Balaban J connectivity index is 5.43. The third kappa shape index (κ3) is 9.90. The van der Waals surface area contributed by atoms with Crippen molar-refractivity contribution in [1.29, 1.82) is 0 Å². The molecule has 0 spiro atoms. The van der Waals surface area contributed by atoms with E-state index in [2.05, 4.69) is 0 Å². The minimum atomic E-state index is -2.02. The van der Waals surface area contributed by atoms with Gasteiger partial charge in [-0.25, -0.2) is 0 Å². The van der Waals surface area contributed by atoms with Crippen LogP contribution in [0, 0.1) is 21.7 Å². The Morgan fingerprint density at radius 3 is 1.00 bits per heavy atom. The summed E-state index contributed by atoms with van der Waals surface area (Å²) in [4.78, 5) is 24.8. The van der Waals surface area contributed by atoms with E-state index in [-0.39, 0.29) is 22.4 Å². The van der Waals surface area contributed by atoms with Gasteiger partial charge in [-0.3, -0.25) is 0 Å². The molecular formula is C22H38O4Pb. The van der Waals surface area contributed by atoms with Gasteiger partial charge in [0.1, 0.15) is 0 Å². The fraction of sp³-hybridized carbons (Fsp3) is 0.727. The van der Waals surface area contributed by atoms with Crippen molar-refractivity contribution in [3.63, 3.8) is 0 Å². The molecule has 27 heavy (non-hydrogen) atoms. The molecule has 154 valence electrons. The third-order valence-electron chi connectivity index (χ3n) is 3.78. The normalized spacial score (nSPS) is 14.8. The second kappa shape index (κ2) is 9.23. The molecule has 0 aliphatic heterocycles. The van der Waals surface area contributed by atoms with Gasteiger partial charge < -0.3 is 0 Å². The van der Waals surface area contributed by atoms with Gasteiger partial charge in [0, 0.05) is 0 Å². The molecule has 0 saturated heterocycles. The molecule has 0 aromatic rings. The van der Waals surface area contributed by atoms with Crippen molar-refractivity contribution in [3.8, 4) is 0 Å². The molecule has 0 aliphatic rings. The Morgan fingerprint density at radius 1 is 0.556 bits per heavy atom. The van der Waals surface area contributed by atoms with Gasteiger partial charge >= 0.3 is 180 Å². The molecular weight excluding hydrogens is 535 g/mol. The first-order valence-corrected chi connectivity index (χ1v) is 12.6. The average Bonchev–Trinajstić information content (AvgIpc) is 2.40. The number of ketones is 2. The number of hydrogen-bond acceptors (Lipinski definition) is 4. The fourth-order valence-corrected chi connectivity index (χ4v) is 5.28. The molecule has 0 aliphatic carbocycles. The average molecular weight is 574 g/mol. The quantitative estimate of drug-likeness (QED) is 0.234. The van der Waals surface area contributed by atoms with Gasteiger partial charge in [-0.15, -0.1) is 0 Å². The molecule has 0 saturated carbocycles. The van der Waals surface area contributed by atoms with Crippen LogP contribution in [0.25, 0.3) is 0 Å². The maximum atomic E-state index is 12.4. The Morgan fingerprint density at radius 2 is 0.815 bits per heavy atom. The minimum absolute atomic E-state index is 0.0329. The predicted molar refractivity (Wildman–Crippen MR) is 112 cm³/mol. The van der Waals surface area contributed by atoms with Crippen LogP contribution in [0.2, 0.25) is 0 Å². The zero-order chi connectivity index (χ0) is 21.8. The van der Waals surface area contributed by atoms with E-state index in [1.165, 1.54) is 0 Å². The van der Waals surface area contributed by atoms with Crippen molar-refractivity contribution >= 4 is 36.7 Å². The molecule has 0 aromatic heterocycles. The number of hydrogen-bond donors (Lipinski definition) is 0. The molecule has 0 rings (SSSR count). The van der Waals surface area contributed by atoms with Gasteiger partial charge in [0.15, 0.2) is 0 Å². The zero-order valence-electron chi connectivity index (χ0n) is 19.3. The summed E-state index contributed by atoms with van der Waals surface area (Å²) in [7, 11) is 0. The van der Waals surface area contributed by atoms with E-state index in [1.54, 1.807) is 12.2 Å². The van der Waals surface area contributed by atoms with E-state index < -0.39 is 36.0 Å². The van der Waals surface area contributed by atoms with Gasteiger partial charge in [-0.1, -0.05) is 0 Å². The Hall–Kier alpha value is -0.658. The van der Waals surface area contributed by atoms with Gasteiger partial charge in [-0.2, -0.15) is 0 Å². The molecule has 5 heteroatoms. The summed E-state index contributed by atoms with van der Waals surface area (Å²) in [6.45, 7) is 23.4. The van der Waals surface area contributed by atoms with Crippen LogP contribution >= 0.6 is 0 Å². The first kappa shape index (κ1) is 26.3. The van der Waals surface area contributed by atoms with Crippen LogP contribution in [0.1, 0.15) is 83.1 Å². The van der Waals surface area contributed by atoms with Crippen LogP contribution in [-0.2, 0) is 15.0 Å². The van der Waals surface area contributed by atoms with E-state index in [0.717, 1.165) is 0 Å². The third-order valence-corrected chi connectivity index (χ3v) is 6.14. The fourth-order valence-electron chi connectivity index (χ4n) is 1.58. The van der Waals surface area contributed by atoms with Crippen LogP contribution in [0.3, 0.4) is 0 Å². The Bertz CT molecular complexity index is 546. The molecule has 0 heterocycles. The zero-order valence-corrected chi connectivity index (χ0v) is 23.2. The van der Waals surface area contributed by atoms with Gasteiger partial charge in [-0.05, 0) is 0 Å². The molecule has 0 bridgehead atoms. The molecule has 0 aromatic carbocycles. The van der Waals surface area contributed by atoms with Gasteiger partial charge in [0.05, 0.1) is 0 Å². The van der Waals surface area contributed by atoms with Crippen LogP contribution < -0.4 is 0 Å². The maximum absolute atomic E-state index is 12.4. The van der Waals surface area contributed by atoms with E-state index in [4.69, 9.17) is 5.37 Å². The topological polar surface area (TPSA) is 52.6 Å². The summed E-state index contributed by atoms with van der Waals surface area (Å²) >= 11 is -2.02. The van der Waals surface area contributed by atoms with Crippen molar-refractivity contribution in [3.05, 3.63) is 23.7 Å². The standard InChI is InChI=1S/2C11H20O2.Pb/c2*1-10(2,3)8(12)7-9(13)11(4,5)6;/h2*7,12H,1-6H3;/q;;+2/p-2/b2*8-7-;. The number of rotatable bonds is 6. The van der Waals surface area contributed by atoms with Crippen LogP contribution in [0.5, 0.6) is 0 Å². The van der Waals surface area contributed by atoms with Crippen LogP contribution in [0.4, 0.5) is 0 Å². The van der Waals surface area contributed by atoms with Crippen molar-refractivity contribution in [1.82, 2.24) is 0 Å². The second-order valence-electron chi connectivity index (χ2n) is 11.0. The van der Waals surface area contributed by atoms with Crippen LogP contribution in [-0.4, -0.2) is 36.7 Å². The molecule has 4 nitrogen and oxygen atoms in total. The van der Waals surface area contributed by atoms with E-state index in [0.29, 0.717) is 11.5 Å². The van der Waals surface area contributed by atoms with E-state index >= 15 is 0 Å². The number of allylic oxidation sites excluding steroid dienone is 4. The summed E-state index contributed by atoms with van der Waals surface area (Å²) in [5.41, 5.74) is -1.48. The molecule has 0 amide bonds. The van der Waals surface area contributed by atoms with E-state index in [1.807, 2.05) is 83.1 Å². The Kier molecular flexibility index (Phi) is 9.00. The van der Waals surface area contributed by atoms with E-state index in [9.17, 15) is 9.59 Å². The second-order valence-corrected chi connectivity index (χ2v) is 13.3. The predicted octanol–water partition coefficient (Wildman–Crippen LogP) is 5.64. The van der Waals surface area contributed by atoms with Gasteiger partial charge in [0.25, 0.3) is 0 Å². The summed E-state index contributed by atoms with van der Waals surface area (Å²) in [5, 5.41) is 0. The monoisotopic (exact) mass is 574 g/mol. The molecule has 0 fully saturated rings. The van der Waals surface area contributed by atoms with Crippen molar-refractivity contribution in [2.75, 3.05) is 0 Å². The molecule has 0 atom stereocenters. The summed E-state index contributed by atoms with van der Waals surface area (Å²) in [6.07, 6.45) is 3.22. The first-order chi connectivity index (χ1) is 11.8. The molecule has 0 unspecified atom stereocenters. The van der Waals surface area contributed by atoms with Crippen molar-refractivity contribution in [2.45, 2.75) is 83.1 Å². The van der Waals surface area contributed by atoms with Gasteiger partial charge in [0.2, 0.25) is 0 Å². The SMILES string of the molecule is CC(C)(C)C(=O)/C=C(\[O][Pb][O]/C(=C\C(=O)C(C)(C)C)C(C)(C)C)C(C)(C)C. The summed E-state index contributed by atoms with van der Waals surface area (Å²) < 4.78 is 12.1. The molecule has 2 radical (unpaired) electrons. The Labute approximate surface area is 179 Å². The number of carbonyl (C=O) groups is 2. The summed E-state index contributed by atoms with van der Waals surface area (Å²) in [6, 6.07) is 0. The molecule has 0 N–H and O–H groups in total. The summed E-state index contributed by atoms with van der Waals surface area (Å²) in [5.74, 6) is 1.37. The van der Waals surface area contributed by atoms with Crippen LogP contribution in [0.15, 0.2) is 23.7 Å².